The fraction of sp³-hybridized carbons (Fsp3) is 0.583. The number of hydrogen-bond donors (Lipinski definition) is 1. The van der Waals surface area contributed by atoms with Crippen molar-refractivity contribution in [3.8, 4) is 0 Å². The van der Waals surface area contributed by atoms with Gasteiger partial charge >= 0.3 is 5.97 Å². The molecule has 1 aromatic rings. The number of aromatic carboxylic acids is 1. The Kier molecular flexibility index (Phi) is 4.60. The van der Waals surface area contributed by atoms with Gasteiger partial charge in [-0.3, -0.25) is 0 Å². The molecule has 1 rings (SSSR count). The molecule has 1 N–H and O–H groups in total. The second-order valence-corrected chi connectivity index (χ2v) is 6.62. The topological polar surface area (TPSA) is 45.5 Å². The van der Waals surface area contributed by atoms with E-state index in [-0.39, 0.29) is 5.41 Å². The Bertz CT molecular complexity index is 411. The number of hydrogen-bond acceptors (Lipinski definition) is 2. The smallest absolute Gasteiger partial charge is 0.352 e. The van der Waals surface area contributed by atoms with E-state index in [0.717, 1.165) is 10.1 Å². The average Bonchev–Trinajstić information content (AvgIpc) is 2.42. The molecule has 0 atom stereocenters. The Morgan fingerprint density at radius 1 is 1.53 bits per heavy atom. The molecule has 1 heterocycles. The van der Waals surface area contributed by atoms with Gasteiger partial charge in [-0.1, -0.05) is 13.8 Å². The first kappa shape index (κ1) is 14.5. The lowest BCUT2D eigenvalue weighted by Gasteiger charge is -2.29. The molecule has 17 heavy (non-hydrogen) atoms. The Morgan fingerprint density at radius 3 is 2.59 bits per heavy atom. The summed E-state index contributed by atoms with van der Waals surface area (Å²) >= 11 is 2.14. The normalized spacial score (nSPS) is 12.1. The Labute approximate surface area is 116 Å². The lowest BCUT2D eigenvalue weighted by Crippen LogP contribution is -2.33. The quantitative estimate of drug-likeness (QED) is 0.830. The van der Waals surface area contributed by atoms with Gasteiger partial charge in [-0.25, -0.2) is 4.79 Å². The number of nitrogens with zero attached hydrogens (tertiary/aromatic N) is 2. The van der Waals surface area contributed by atoms with Crippen LogP contribution in [-0.4, -0.2) is 41.2 Å². The number of halogens is 1. The highest BCUT2D eigenvalue weighted by Gasteiger charge is 2.22. The molecule has 0 spiro atoms. The third kappa shape index (κ3) is 4.31. The van der Waals surface area contributed by atoms with Gasteiger partial charge in [0.2, 0.25) is 0 Å². The summed E-state index contributed by atoms with van der Waals surface area (Å²) in [5.41, 5.74) is 0.400. The summed E-state index contributed by atoms with van der Waals surface area (Å²) in [6.45, 7) is 5.91. The summed E-state index contributed by atoms with van der Waals surface area (Å²) < 4.78 is 2.79. The average molecular weight is 350 g/mol. The van der Waals surface area contributed by atoms with E-state index >= 15 is 0 Å². The van der Waals surface area contributed by atoms with E-state index in [4.69, 9.17) is 5.11 Å². The van der Waals surface area contributed by atoms with Crippen molar-refractivity contribution < 1.29 is 9.90 Å². The molecule has 0 aliphatic rings. The summed E-state index contributed by atoms with van der Waals surface area (Å²) in [6.07, 6.45) is 1.89. The minimum atomic E-state index is -0.867. The highest BCUT2D eigenvalue weighted by molar-refractivity contribution is 14.1. The van der Waals surface area contributed by atoms with Crippen molar-refractivity contribution in [3.05, 3.63) is 21.5 Å². The molecular weight excluding hydrogens is 331 g/mol. The molecule has 4 nitrogen and oxygen atoms in total. The fourth-order valence-electron chi connectivity index (χ4n) is 2.15. The molecule has 0 aliphatic carbocycles. The van der Waals surface area contributed by atoms with Gasteiger partial charge in [-0.15, -0.1) is 0 Å². The maximum absolute atomic E-state index is 11.1. The van der Waals surface area contributed by atoms with E-state index in [0.29, 0.717) is 12.2 Å². The predicted molar refractivity (Wildman–Crippen MR) is 76.4 cm³/mol. The third-order valence-electron chi connectivity index (χ3n) is 2.42. The predicted octanol–water partition coefficient (Wildman–Crippen LogP) is 2.38. The first-order valence-electron chi connectivity index (χ1n) is 5.45. The van der Waals surface area contributed by atoms with Crippen molar-refractivity contribution in [2.45, 2.75) is 20.4 Å². The monoisotopic (exact) mass is 350 g/mol. The van der Waals surface area contributed by atoms with Crippen LogP contribution in [0.25, 0.3) is 0 Å². The molecule has 0 aliphatic heterocycles. The van der Waals surface area contributed by atoms with Crippen LogP contribution in [0.3, 0.4) is 0 Å². The Hall–Kier alpha value is -0.560. The van der Waals surface area contributed by atoms with Crippen molar-refractivity contribution in [2.75, 3.05) is 20.6 Å². The highest BCUT2D eigenvalue weighted by Crippen LogP contribution is 2.22. The van der Waals surface area contributed by atoms with Crippen LogP contribution in [0.1, 0.15) is 24.3 Å². The summed E-state index contributed by atoms with van der Waals surface area (Å²) in [4.78, 5) is 13.2. The molecule has 0 fully saturated rings. The zero-order valence-electron chi connectivity index (χ0n) is 10.7. The van der Waals surface area contributed by atoms with Crippen LogP contribution < -0.4 is 0 Å². The van der Waals surface area contributed by atoms with Crippen molar-refractivity contribution in [3.63, 3.8) is 0 Å². The fourth-order valence-corrected chi connectivity index (χ4v) is 2.78. The molecule has 96 valence electrons. The van der Waals surface area contributed by atoms with Gasteiger partial charge < -0.3 is 14.6 Å². The summed E-state index contributed by atoms with van der Waals surface area (Å²) in [5, 5.41) is 9.12. The first-order valence-corrected chi connectivity index (χ1v) is 6.53. The second kappa shape index (κ2) is 5.39. The summed E-state index contributed by atoms with van der Waals surface area (Å²) in [5.74, 6) is -0.867. The van der Waals surface area contributed by atoms with E-state index in [2.05, 4.69) is 41.3 Å². The third-order valence-corrected chi connectivity index (χ3v) is 3.01. The van der Waals surface area contributed by atoms with Gasteiger partial charge in [0.15, 0.2) is 0 Å². The molecule has 1 aromatic heterocycles. The molecule has 0 amide bonds. The van der Waals surface area contributed by atoms with Crippen molar-refractivity contribution in [1.29, 1.82) is 0 Å². The highest BCUT2D eigenvalue weighted by atomic mass is 127. The van der Waals surface area contributed by atoms with E-state index in [9.17, 15) is 4.79 Å². The van der Waals surface area contributed by atoms with E-state index < -0.39 is 5.97 Å². The van der Waals surface area contributed by atoms with Crippen molar-refractivity contribution in [1.82, 2.24) is 9.47 Å². The minimum Gasteiger partial charge on any atom is -0.477 e. The SMILES string of the molecule is CN(C)CC(C)(C)Cn1cc(I)cc1C(=O)O. The molecular formula is C12H19IN2O2. The molecule has 0 saturated heterocycles. The standard InChI is InChI=1S/C12H19IN2O2/c1-12(2,7-14(3)4)8-15-6-9(13)5-10(15)11(16)17/h5-6H,7-8H2,1-4H3,(H,16,17). The lowest BCUT2D eigenvalue weighted by atomic mass is 9.93. The van der Waals surface area contributed by atoms with Gasteiger partial charge in [-0.05, 0) is 48.2 Å². The largest absolute Gasteiger partial charge is 0.477 e. The van der Waals surface area contributed by atoms with Crippen LogP contribution in [0.5, 0.6) is 0 Å². The summed E-state index contributed by atoms with van der Waals surface area (Å²) in [6, 6.07) is 1.70. The molecule has 5 heteroatoms. The van der Waals surface area contributed by atoms with Crippen molar-refractivity contribution in [2.24, 2.45) is 5.41 Å². The minimum absolute atomic E-state index is 0.0375. The van der Waals surface area contributed by atoms with E-state index in [1.165, 1.54) is 0 Å². The molecule has 0 aromatic carbocycles. The van der Waals surface area contributed by atoms with E-state index in [1.54, 1.807) is 6.07 Å². The zero-order chi connectivity index (χ0) is 13.2. The van der Waals surface area contributed by atoms with Gasteiger partial charge in [0.05, 0.1) is 0 Å². The van der Waals surface area contributed by atoms with E-state index in [1.807, 2.05) is 24.9 Å². The van der Waals surface area contributed by atoms with Crippen LogP contribution in [0.15, 0.2) is 12.3 Å². The van der Waals surface area contributed by atoms with Gasteiger partial charge in [0, 0.05) is 22.9 Å². The zero-order valence-corrected chi connectivity index (χ0v) is 12.9. The molecule has 0 saturated carbocycles. The first-order chi connectivity index (χ1) is 7.71. The molecule has 0 bridgehead atoms. The van der Waals surface area contributed by atoms with Crippen LogP contribution in [0.2, 0.25) is 0 Å². The van der Waals surface area contributed by atoms with Gasteiger partial charge in [0.25, 0.3) is 0 Å². The maximum atomic E-state index is 11.1. The van der Waals surface area contributed by atoms with Gasteiger partial charge in [0.1, 0.15) is 5.69 Å². The molecule has 0 radical (unpaired) electrons. The molecule has 0 unspecified atom stereocenters. The van der Waals surface area contributed by atoms with Crippen LogP contribution in [0.4, 0.5) is 0 Å². The van der Waals surface area contributed by atoms with Gasteiger partial charge in [-0.2, -0.15) is 0 Å². The van der Waals surface area contributed by atoms with Crippen LogP contribution in [0, 0.1) is 8.99 Å². The number of aromatic nitrogens is 1. The lowest BCUT2D eigenvalue weighted by molar-refractivity contribution is 0.0681. The number of rotatable bonds is 5. The second-order valence-electron chi connectivity index (χ2n) is 5.38. The van der Waals surface area contributed by atoms with Crippen LogP contribution in [-0.2, 0) is 6.54 Å². The number of carboxylic acid groups (broad SMARTS) is 1. The van der Waals surface area contributed by atoms with Crippen molar-refractivity contribution >= 4 is 28.6 Å². The Balaban J connectivity index is 2.90. The number of carbonyl (C=O) groups is 1. The van der Waals surface area contributed by atoms with Crippen LogP contribution >= 0.6 is 22.6 Å². The number of carboxylic acids is 1. The Morgan fingerprint density at radius 2 is 2.12 bits per heavy atom. The summed E-state index contributed by atoms with van der Waals surface area (Å²) in [7, 11) is 4.05. The maximum Gasteiger partial charge on any atom is 0.352 e.